The van der Waals surface area contributed by atoms with Gasteiger partial charge in [-0.3, -0.25) is 4.79 Å². The minimum absolute atomic E-state index is 0.0528. The highest BCUT2D eigenvalue weighted by Gasteiger charge is 2.31. The maximum atomic E-state index is 12.9. The molecule has 1 aromatic carbocycles. The van der Waals surface area contributed by atoms with Crippen LogP contribution in [-0.2, 0) is 4.79 Å². The summed E-state index contributed by atoms with van der Waals surface area (Å²) in [6.45, 7) is 8.98. The van der Waals surface area contributed by atoms with Gasteiger partial charge in [-0.15, -0.1) is 0 Å². The van der Waals surface area contributed by atoms with Crippen LogP contribution in [0.1, 0.15) is 45.2 Å². The number of carbonyl (C=O) groups excluding carboxylic acids is 1. The molecule has 1 aliphatic heterocycles. The number of rotatable bonds is 6. The van der Waals surface area contributed by atoms with E-state index in [1.807, 2.05) is 23.1 Å². The second kappa shape index (κ2) is 8.34. The highest BCUT2D eigenvalue weighted by atomic mass is 16.5. The van der Waals surface area contributed by atoms with Gasteiger partial charge in [-0.25, -0.2) is 0 Å². The van der Waals surface area contributed by atoms with E-state index in [-0.39, 0.29) is 11.9 Å². The number of ether oxygens (including phenoxy) is 1. The molecular weight excluding hydrogens is 288 g/mol. The summed E-state index contributed by atoms with van der Waals surface area (Å²) >= 11 is 0. The van der Waals surface area contributed by atoms with Gasteiger partial charge in [0.2, 0.25) is 5.91 Å². The molecule has 0 aliphatic carbocycles. The van der Waals surface area contributed by atoms with Crippen molar-refractivity contribution in [3.63, 3.8) is 0 Å². The zero-order chi connectivity index (χ0) is 16.8. The van der Waals surface area contributed by atoms with E-state index >= 15 is 0 Å². The number of methoxy groups -OCH3 is 1. The number of piperazine rings is 1. The molecule has 1 aromatic rings. The minimum atomic E-state index is 0.0528. The summed E-state index contributed by atoms with van der Waals surface area (Å²) < 4.78 is 5.50. The maximum Gasteiger partial charge on any atom is 0.223 e. The molecule has 1 saturated heterocycles. The molecule has 128 valence electrons. The van der Waals surface area contributed by atoms with E-state index in [9.17, 15) is 4.79 Å². The largest absolute Gasteiger partial charge is 0.496 e. The molecule has 1 aliphatic rings. The van der Waals surface area contributed by atoms with Crippen LogP contribution in [0.5, 0.6) is 5.75 Å². The number of nitrogens with one attached hydrogen (secondary N) is 1. The monoisotopic (exact) mass is 318 g/mol. The van der Waals surface area contributed by atoms with E-state index in [1.54, 1.807) is 7.11 Å². The number of amides is 1. The van der Waals surface area contributed by atoms with Gasteiger partial charge in [0.1, 0.15) is 5.75 Å². The van der Waals surface area contributed by atoms with E-state index in [4.69, 9.17) is 4.74 Å². The van der Waals surface area contributed by atoms with Crippen molar-refractivity contribution in [3.05, 3.63) is 29.8 Å². The lowest BCUT2D eigenvalue weighted by molar-refractivity contribution is -0.136. The molecule has 4 nitrogen and oxygen atoms in total. The summed E-state index contributed by atoms with van der Waals surface area (Å²) in [4.78, 5) is 15.0. The summed E-state index contributed by atoms with van der Waals surface area (Å²) in [6.07, 6.45) is 1.69. The molecule has 23 heavy (non-hydrogen) atoms. The smallest absolute Gasteiger partial charge is 0.223 e. The molecule has 0 bridgehead atoms. The van der Waals surface area contributed by atoms with Gasteiger partial charge in [-0.1, -0.05) is 45.4 Å². The minimum Gasteiger partial charge on any atom is -0.496 e. The third-order valence-electron chi connectivity index (χ3n) is 4.97. The number of para-hydroxylation sites is 1. The first-order chi connectivity index (χ1) is 11.1. The van der Waals surface area contributed by atoms with Gasteiger partial charge in [0.05, 0.1) is 13.2 Å². The van der Waals surface area contributed by atoms with E-state index in [1.165, 1.54) is 0 Å². The highest BCUT2D eigenvalue weighted by molar-refractivity contribution is 5.77. The van der Waals surface area contributed by atoms with Crippen molar-refractivity contribution in [2.24, 2.45) is 11.8 Å². The van der Waals surface area contributed by atoms with E-state index < -0.39 is 0 Å². The van der Waals surface area contributed by atoms with Gasteiger partial charge < -0.3 is 15.0 Å². The summed E-state index contributed by atoms with van der Waals surface area (Å²) in [7, 11) is 1.69. The average molecular weight is 318 g/mol. The molecular formula is C19H30N2O2. The highest BCUT2D eigenvalue weighted by Crippen LogP contribution is 2.31. The summed E-state index contributed by atoms with van der Waals surface area (Å²) in [6, 6.07) is 8.07. The van der Waals surface area contributed by atoms with E-state index in [0.717, 1.165) is 37.4 Å². The Morgan fingerprint density at radius 2 is 2.13 bits per heavy atom. The van der Waals surface area contributed by atoms with Gasteiger partial charge >= 0.3 is 0 Å². The molecule has 0 saturated carbocycles. The van der Waals surface area contributed by atoms with Crippen molar-refractivity contribution >= 4 is 5.91 Å². The van der Waals surface area contributed by atoms with Crippen molar-refractivity contribution < 1.29 is 9.53 Å². The van der Waals surface area contributed by atoms with Crippen molar-refractivity contribution in [2.75, 3.05) is 26.7 Å². The first kappa shape index (κ1) is 17.8. The first-order valence-corrected chi connectivity index (χ1v) is 8.71. The topological polar surface area (TPSA) is 41.6 Å². The van der Waals surface area contributed by atoms with Crippen LogP contribution < -0.4 is 10.1 Å². The van der Waals surface area contributed by atoms with E-state index in [2.05, 4.69) is 32.2 Å². The lowest BCUT2D eigenvalue weighted by Crippen LogP contribution is -2.49. The van der Waals surface area contributed by atoms with Gasteiger partial charge in [-0.2, -0.15) is 0 Å². The quantitative estimate of drug-likeness (QED) is 0.875. The SMILES string of the molecule is CCC(CC(=O)N1CCNCC1c1ccccc1OC)C(C)C. The maximum absolute atomic E-state index is 12.9. The van der Waals surface area contributed by atoms with Crippen molar-refractivity contribution in [1.29, 1.82) is 0 Å². The van der Waals surface area contributed by atoms with Crippen LogP contribution in [0.3, 0.4) is 0 Å². The summed E-state index contributed by atoms with van der Waals surface area (Å²) in [5, 5.41) is 3.41. The van der Waals surface area contributed by atoms with Crippen LogP contribution in [0.4, 0.5) is 0 Å². The molecule has 1 N–H and O–H groups in total. The Labute approximate surface area is 140 Å². The lowest BCUT2D eigenvalue weighted by Gasteiger charge is -2.38. The standard InChI is InChI=1S/C19H30N2O2/c1-5-15(14(2)3)12-19(22)21-11-10-20-13-17(21)16-8-6-7-9-18(16)23-4/h6-9,14-15,17,20H,5,10-13H2,1-4H3. The Bertz CT molecular complexity index is 516. The Kier molecular flexibility index (Phi) is 6.46. The van der Waals surface area contributed by atoms with Gasteiger partial charge in [0.25, 0.3) is 0 Å². The Balaban J connectivity index is 2.19. The van der Waals surface area contributed by atoms with Crippen LogP contribution in [0, 0.1) is 11.8 Å². The second-order valence-corrected chi connectivity index (χ2v) is 6.67. The lowest BCUT2D eigenvalue weighted by atomic mass is 9.89. The zero-order valence-electron chi connectivity index (χ0n) is 14.8. The molecule has 0 spiro atoms. The van der Waals surface area contributed by atoms with Crippen LogP contribution in [0.25, 0.3) is 0 Å². The summed E-state index contributed by atoms with van der Waals surface area (Å²) in [5.41, 5.74) is 1.09. The number of hydrogen-bond donors (Lipinski definition) is 1. The molecule has 2 unspecified atom stereocenters. The Hall–Kier alpha value is -1.55. The molecule has 2 rings (SSSR count). The second-order valence-electron chi connectivity index (χ2n) is 6.67. The number of hydrogen-bond acceptors (Lipinski definition) is 3. The third-order valence-corrected chi connectivity index (χ3v) is 4.97. The van der Waals surface area contributed by atoms with Gasteiger partial charge in [-0.05, 0) is 17.9 Å². The molecule has 1 fully saturated rings. The Morgan fingerprint density at radius 1 is 1.39 bits per heavy atom. The molecule has 0 aromatic heterocycles. The number of nitrogens with zero attached hydrogens (tertiary/aromatic N) is 1. The molecule has 0 radical (unpaired) electrons. The Morgan fingerprint density at radius 3 is 2.78 bits per heavy atom. The van der Waals surface area contributed by atoms with Crippen molar-refractivity contribution in [1.82, 2.24) is 10.2 Å². The van der Waals surface area contributed by atoms with Crippen molar-refractivity contribution in [3.8, 4) is 5.75 Å². The van der Waals surface area contributed by atoms with Gasteiger partial charge in [0, 0.05) is 31.6 Å². The molecule has 1 amide bonds. The van der Waals surface area contributed by atoms with E-state index in [0.29, 0.717) is 18.3 Å². The fraction of sp³-hybridized carbons (Fsp3) is 0.632. The zero-order valence-corrected chi connectivity index (χ0v) is 14.8. The molecule has 2 atom stereocenters. The van der Waals surface area contributed by atoms with Crippen LogP contribution in [0.15, 0.2) is 24.3 Å². The fourth-order valence-corrected chi connectivity index (χ4v) is 3.42. The first-order valence-electron chi connectivity index (χ1n) is 8.71. The number of benzene rings is 1. The normalized spacial score (nSPS) is 19.7. The number of carbonyl (C=O) groups is 1. The van der Waals surface area contributed by atoms with Crippen LogP contribution in [-0.4, -0.2) is 37.6 Å². The molecule has 4 heteroatoms. The van der Waals surface area contributed by atoms with Crippen LogP contribution in [0.2, 0.25) is 0 Å². The predicted molar refractivity (Wildman–Crippen MR) is 93.6 cm³/mol. The average Bonchev–Trinajstić information content (AvgIpc) is 2.59. The van der Waals surface area contributed by atoms with Gasteiger partial charge in [0.15, 0.2) is 0 Å². The van der Waals surface area contributed by atoms with Crippen LogP contribution >= 0.6 is 0 Å². The summed E-state index contributed by atoms with van der Waals surface area (Å²) in [5.74, 6) is 2.12. The predicted octanol–water partition coefficient (Wildman–Crippen LogP) is 3.24. The third kappa shape index (κ3) is 4.25. The van der Waals surface area contributed by atoms with Crippen molar-refractivity contribution in [2.45, 2.75) is 39.7 Å². The molecule has 1 heterocycles. The fourth-order valence-electron chi connectivity index (χ4n) is 3.42.